The van der Waals surface area contributed by atoms with Gasteiger partial charge < -0.3 is 14.5 Å². The Hall–Kier alpha value is -1.97. The minimum atomic E-state index is -3.60. The summed E-state index contributed by atoms with van der Waals surface area (Å²) in [6.07, 6.45) is -0.206. The van der Waals surface area contributed by atoms with Crippen LogP contribution in [0.1, 0.15) is 30.0 Å². The lowest BCUT2D eigenvalue weighted by Crippen LogP contribution is -2.55. The number of amides is 2. The molecule has 2 N–H and O–H groups in total. The first-order chi connectivity index (χ1) is 12.7. The van der Waals surface area contributed by atoms with Crippen LogP contribution in [0.3, 0.4) is 0 Å². The highest BCUT2D eigenvalue weighted by atomic mass is 32.2. The van der Waals surface area contributed by atoms with Gasteiger partial charge in [-0.05, 0) is 30.9 Å². The van der Waals surface area contributed by atoms with E-state index in [9.17, 15) is 18.0 Å². The predicted molar refractivity (Wildman–Crippen MR) is 99.1 cm³/mol. The summed E-state index contributed by atoms with van der Waals surface area (Å²) >= 11 is 0. The molecule has 9 heteroatoms. The van der Waals surface area contributed by atoms with Crippen molar-refractivity contribution in [3.05, 3.63) is 35.4 Å². The van der Waals surface area contributed by atoms with Crippen LogP contribution in [0.2, 0.25) is 0 Å². The molecule has 0 saturated carbocycles. The van der Waals surface area contributed by atoms with E-state index in [2.05, 4.69) is 0 Å². The van der Waals surface area contributed by atoms with Crippen molar-refractivity contribution in [2.24, 2.45) is 5.14 Å². The Labute approximate surface area is 159 Å². The monoisotopic (exact) mass is 395 g/mol. The third kappa shape index (κ3) is 3.99. The summed E-state index contributed by atoms with van der Waals surface area (Å²) in [5.74, 6) is -0.407. The van der Waals surface area contributed by atoms with Gasteiger partial charge in [0.25, 0.3) is 5.91 Å². The zero-order valence-corrected chi connectivity index (χ0v) is 16.3. The number of aryl methyl sites for hydroxylation is 1. The zero-order chi connectivity index (χ0) is 19.8. The second kappa shape index (κ2) is 7.57. The first-order valence-electron chi connectivity index (χ1n) is 8.93. The molecule has 2 fully saturated rings. The number of piperidine rings is 1. The number of hydrogen-bond acceptors (Lipinski definition) is 5. The molecule has 2 amide bonds. The first kappa shape index (κ1) is 19.8. The third-order valence-corrected chi connectivity index (χ3v) is 6.85. The summed E-state index contributed by atoms with van der Waals surface area (Å²) in [6.45, 7) is 2.39. The summed E-state index contributed by atoms with van der Waals surface area (Å²) < 4.78 is 28.7. The van der Waals surface area contributed by atoms with Gasteiger partial charge in [0.15, 0.2) is 6.10 Å². The Morgan fingerprint density at radius 1 is 1.22 bits per heavy atom. The summed E-state index contributed by atoms with van der Waals surface area (Å²) in [6, 6.07) is 7.08. The van der Waals surface area contributed by atoms with Crippen molar-refractivity contribution >= 4 is 21.8 Å². The summed E-state index contributed by atoms with van der Waals surface area (Å²) in [5.41, 5.74) is 1.84. The summed E-state index contributed by atoms with van der Waals surface area (Å²) in [7, 11) is -1.92. The quantitative estimate of drug-likeness (QED) is 0.785. The van der Waals surface area contributed by atoms with Gasteiger partial charge >= 0.3 is 0 Å². The Morgan fingerprint density at radius 2 is 1.85 bits per heavy atom. The number of rotatable bonds is 3. The number of ether oxygens (including phenoxy) is 1. The van der Waals surface area contributed by atoms with Gasteiger partial charge in [0.05, 0.1) is 11.3 Å². The lowest BCUT2D eigenvalue weighted by atomic mass is 9.93. The highest BCUT2D eigenvalue weighted by molar-refractivity contribution is 7.89. The molecular weight excluding hydrogens is 370 g/mol. The number of nitrogens with two attached hydrogens (primary N) is 1. The lowest BCUT2D eigenvalue weighted by Gasteiger charge is -2.41. The van der Waals surface area contributed by atoms with Crippen molar-refractivity contribution in [2.45, 2.75) is 37.2 Å². The number of hydrogen-bond donors (Lipinski definition) is 1. The maximum atomic E-state index is 13.1. The van der Waals surface area contributed by atoms with Gasteiger partial charge in [0, 0.05) is 20.1 Å². The minimum absolute atomic E-state index is 0.150. The number of carbonyl (C=O) groups excluding carboxylic acids is 2. The van der Waals surface area contributed by atoms with E-state index in [4.69, 9.17) is 9.88 Å². The van der Waals surface area contributed by atoms with E-state index in [-0.39, 0.29) is 18.4 Å². The van der Waals surface area contributed by atoms with Gasteiger partial charge in [0.2, 0.25) is 15.9 Å². The fraction of sp³-hybridized carbons (Fsp3) is 0.556. The van der Waals surface area contributed by atoms with E-state index in [0.29, 0.717) is 25.9 Å². The van der Waals surface area contributed by atoms with Gasteiger partial charge in [-0.25, -0.2) is 13.6 Å². The van der Waals surface area contributed by atoms with E-state index >= 15 is 0 Å². The molecule has 2 atom stereocenters. The first-order valence-corrected chi connectivity index (χ1v) is 10.5. The topological polar surface area (TPSA) is 110 Å². The second-order valence-corrected chi connectivity index (χ2v) is 9.00. The van der Waals surface area contributed by atoms with Gasteiger partial charge in [-0.15, -0.1) is 0 Å². The maximum absolute atomic E-state index is 13.1. The van der Waals surface area contributed by atoms with Gasteiger partial charge in [-0.2, -0.15) is 0 Å². The standard InChI is InChI=1S/C18H25N3O5S/c1-12-5-3-4-6-14(12)16-17(26-11-15(22)20(16)2)18(23)21-9-7-13(8-10-21)27(19,24)25/h3-6,13,16-17H,7-11H2,1-2H3,(H2,19,24,25)/t16-,17+/m1/s1. The number of likely N-dealkylation sites (N-methyl/N-ethyl adjacent to an activating group) is 1. The van der Waals surface area contributed by atoms with Crippen LogP contribution in [0.25, 0.3) is 0 Å². The lowest BCUT2D eigenvalue weighted by molar-refractivity contribution is -0.167. The minimum Gasteiger partial charge on any atom is -0.356 e. The van der Waals surface area contributed by atoms with Gasteiger partial charge in [-0.3, -0.25) is 9.59 Å². The summed E-state index contributed by atoms with van der Waals surface area (Å²) in [5, 5.41) is 4.60. The molecule has 0 unspecified atom stereocenters. The SMILES string of the molecule is Cc1ccccc1[C@@H]1[C@@H](C(=O)N2CCC(S(N)(=O)=O)CC2)OCC(=O)N1C. The molecule has 1 aromatic carbocycles. The van der Waals surface area contributed by atoms with E-state index < -0.39 is 27.4 Å². The van der Waals surface area contributed by atoms with Crippen molar-refractivity contribution in [2.75, 3.05) is 26.7 Å². The van der Waals surface area contributed by atoms with Crippen molar-refractivity contribution in [1.82, 2.24) is 9.80 Å². The molecule has 27 heavy (non-hydrogen) atoms. The molecule has 0 bridgehead atoms. The van der Waals surface area contributed by atoms with Crippen LogP contribution in [-0.4, -0.2) is 68.1 Å². The molecule has 2 aliphatic heterocycles. The smallest absolute Gasteiger partial charge is 0.254 e. The van der Waals surface area contributed by atoms with Crippen LogP contribution < -0.4 is 5.14 Å². The van der Waals surface area contributed by atoms with Crippen LogP contribution in [0, 0.1) is 6.92 Å². The van der Waals surface area contributed by atoms with E-state index in [1.54, 1.807) is 16.8 Å². The normalized spacial score (nSPS) is 24.9. The molecule has 0 aliphatic carbocycles. The Balaban J connectivity index is 1.82. The van der Waals surface area contributed by atoms with Crippen LogP contribution in [0.15, 0.2) is 24.3 Å². The molecule has 1 aromatic rings. The van der Waals surface area contributed by atoms with Crippen LogP contribution >= 0.6 is 0 Å². The van der Waals surface area contributed by atoms with Crippen molar-refractivity contribution in [3.8, 4) is 0 Å². The number of morpholine rings is 1. The Morgan fingerprint density at radius 3 is 2.44 bits per heavy atom. The van der Waals surface area contributed by atoms with Gasteiger partial charge in [0.1, 0.15) is 6.61 Å². The zero-order valence-electron chi connectivity index (χ0n) is 15.5. The van der Waals surface area contributed by atoms with E-state index in [0.717, 1.165) is 11.1 Å². The molecule has 0 spiro atoms. The average molecular weight is 395 g/mol. The van der Waals surface area contributed by atoms with Crippen LogP contribution in [-0.2, 0) is 24.3 Å². The fourth-order valence-electron chi connectivity index (χ4n) is 3.79. The number of sulfonamides is 1. The molecular formula is C18H25N3O5S. The molecule has 2 aliphatic rings. The van der Waals surface area contributed by atoms with Crippen LogP contribution in [0.4, 0.5) is 0 Å². The molecule has 148 valence electrons. The molecule has 2 heterocycles. The Bertz CT molecular complexity index is 833. The third-order valence-electron chi connectivity index (χ3n) is 5.45. The van der Waals surface area contributed by atoms with Crippen molar-refractivity contribution < 1.29 is 22.7 Å². The summed E-state index contributed by atoms with van der Waals surface area (Å²) in [4.78, 5) is 28.5. The second-order valence-electron chi connectivity index (χ2n) is 7.15. The van der Waals surface area contributed by atoms with Crippen molar-refractivity contribution in [3.63, 3.8) is 0 Å². The molecule has 8 nitrogen and oxygen atoms in total. The van der Waals surface area contributed by atoms with E-state index in [1.807, 2.05) is 31.2 Å². The molecule has 0 radical (unpaired) electrons. The molecule has 0 aromatic heterocycles. The predicted octanol–water partition coefficient (Wildman–Crippen LogP) is 0.173. The highest BCUT2D eigenvalue weighted by Crippen LogP contribution is 2.32. The molecule has 2 saturated heterocycles. The number of likely N-dealkylation sites (tertiary alicyclic amines) is 1. The van der Waals surface area contributed by atoms with Crippen molar-refractivity contribution in [1.29, 1.82) is 0 Å². The van der Waals surface area contributed by atoms with Gasteiger partial charge in [-0.1, -0.05) is 24.3 Å². The Kier molecular flexibility index (Phi) is 5.55. The fourth-order valence-corrected chi connectivity index (χ4v) is 4.66. The number of benzene rings is 1. The van der Waals surface area contributed by atoms with Crippen LogP contribution in [0.5, 0.6) is 0 Å². The maximum Gasteiger partial charge on any atom is 0.254 e. The highest BCUT2D eigenvalue weighted by Gasteiger charge is 2.43. The number of carbonyl (C=O) groups is 2. The molecule has 3 rings (SSSR count). The number of nitrogens with zero attached hydrogens (tertiary/aromatic N) is 2. The van der Waals surface area contributed by atoms with E-state index in [1.165, 1.54) is 0 Å². The number of primary sulfonamides is 1. The average Bonchev–Trinajstić information content (AvgIpc) is 2.63. The largest absolute Gasteiger partial charge is 0.356 e.